The van der Waals surface area contributed by atoms with Gasteiger partial charge in [0.1, 0.15) is 6.10 Å². The molecule has 1 amide bonds. The quantitative estimate of drug-likeness (QED) is 0.802. The van der Waals surface area contributed by atoms with Crippen molar-refractivity contribution in [2.45, 2.75) is 31.5 Å². The lowest BCUT2D eigenvalue weighted by molar-refractivity contribution is -0.151. The van der Waals surface area contributed by atoms with Crippen molar-refractivity contribution < 1.29 is 19.4 Å². The number of nitrogens with one attached hydrogen (secondary N) is 1. The summed E-state index contributed by atoms with van der Waals surface area (Å²) < 4.78 is 5.16. The molecule has 6 heteroatoms. The van der Waals surface area contributed by atoms with Crippen LogP contribution in [0.15, 0.2) is 24.5 Å². The second-order valence-electron chi connectivity index (χ2n) is 4.43. The molecule has 1 aliphatic rings. The molecule has 0 aromatic carbocycles. The van der Waals surface area contributed by atoms with Crippen LogP contribution >= 0.6 is 0 Å². The Morgan fingerprint density at radius 1 is 1.42 bits per heavy atom. The van der Waals surface area contributed by atoms with E-state index in [1.165, 1.54) is 0 Å². The molecule has 1 aromatic heterocycles. The molecule has 102 valence electrons. The highest BCUT2D eigenvalue weighted by Crippen LogP contribution is 2.19. The minimum Gasteiger partial charge on any atom is -0.479 e. The molecule has 0 spiro atoms. The van der Waals surface area contributed by atoms with Crippen LogP contribution in [0.3, 0.4) is 0 Å². The third-order valence-corrected chi connectivity index (χ3v) is 3.02. The molecule has 0 bridgehead atoms. The summed E-state index contributed by atoms with van der Waals surface area (Å²) in [4.78, 5) is 26.5. The number of hydrogen-bond donors (Lipinski definition) is 2. The highest BCUT2D eigenvalue weighted by atomic mass is 16.5. The highest BCUT2D eigenvalue weighted by molar-refractivity contribution is 5.82. The van der Waals surface area contributed by atoms with E-state index in [4.69, 9.17) is 9.84 Å². The second kappa shape index (κ2) is 6.29. The number of rotatable bonds is 5. The number of carboxylic acid groups (broad SMARTS) is 1. The number of carbonyl (C=O) groups is 2. The summed E-state index contributed by atoms with van der Waals surface area (Å²) in [6.45, 7) is 0.488. The molecule has 1 aliphatic heterocycles. The van der Waals surface area contributed by atoms with Gasteiger partial charge in [-0.15, -0.1) is 0 Å². The van der Waals surface area contributed by atoms with E-state index in [2.05, 4.69) is 10.3 Å². The summed E-state index contributed by atoms with van der Waals surface area (Å²) in [5.74, 6) is -1.25. The number of nitrogens with zero attached hydrogens (tertiary/aromatic N) is 1. The molecule has 2 atom stereocenters. The third kappa shape index (κ3) is 3.75. The lowest BCUT2D eigenvalue weighted by Crippen LogP contribution is -2.36. The Hall–Kier alpha value is -1.95. The zero-order chi connectivity index (χ0) is 13.7. The number of carbonyl (C=O) groups excluding carboxylic acids is 1. The first-order valence-electron chi connectivity index (χ1n) is 6.21. The lowest BCUT2D eigenvalue weighted by atomic mass is 10.2. The monoisotopic (exact) mass is 264 g/mol. The van der Waals surface area contributed by atoms with Crippen molar-refractivity contribution in [3.05, 3.63) is 30.1 Å². The number of ether oxygens (including phenoxy) is 1. The number of hydrogen-bond acceptors (Lipinski definition) is 4. The molecular weight excluding hydrogens is 248 g/mol. The molecule has 2 unspecified atom stereocenters. The molecule has 1 saturated heterocycles. The van der Waals surface area contributed by atoms with Gasteiger partial charge in [-0.2, -0.15) is 0 Å². The van der Waals surface area contributed by atoms with Crippen molar-refractivity contribution in [1.82, 2.24) is 10.3 Å². The van der Waals surface area contributed by atoms with Gasteiger partial charge in [0.25, 0.3) is 0 Å². The van der Waals surface area contributed by atoms with E-state index >= 15 is 0 Å². The van der Waals surface area contributed by atoms with Gasteiger partial charge in [-0.3, -0.25) is 9.78 Å². The van der Waals surface area contributed by atoms with Crippen LogP contribution in [0.2, 0.25) is 0 Å². The fraction of sp³-hybridized carbons (Fsp3) is 0.462. The topological polar surface area (TPSA) is 88.5 Å². The van der Waals surface area contributed by atoms with Crippen molar-refractivity contribution in [1.29, 1.82) is 0 Å². The van der Waals surface area contributed by atoms with Crippen molar-refractivity contribution in [2.75, 3.05) is 6.54 Å². The maximum Gasteiger partial charge on any atom is 0.332 e. The Morgan fingerprint density at radius 3 is 2.84 bits per heavy atom. The van der Waals surface area contributed by atoms with Gasteiger partial charge in [0.05, 0.1) is 0 Å². The first-order chi connectivity index (χ1) is 9.16. The largest absolute Gasteiger partial charge is 0.479 e. The van der Waals surface area contributed by atoms with Crippen LogP contribution in [0.1, 0.15) is 18.4 Å². The Bertz CT molecular complexity index is 449. The smallest absolute Gasteiger partial charge is 0.332 e. The SMILES string of the molecule is O=C(O)C1CCC(C(=O)NCCc2cccnc2)O1. The average molecular weight is 264 g/mol. The van der Waals surface area contributed by atoms with Gasteiger partial charge in [0, 0.05) is 18.9 Å². The first kappa shape index (κ1) is 13.5. The van der Waals surface area contributed by atoms with E-state index in [1.807, 2.05) is 12.1 Å². The summed E-state index contributed by atoms with van der Waals surface area (Å²) in [5, 5.41) is 11.5. The third-order valence-electron chi connectivity index (χ3n) is 3.02. The normalized spacial score (nSPS) is 22.1. The summed E-state index contributed by atoms with van der Waals surface area (Å²) >= 11 is 0. The number of amides is 1. The molecule has 1 fully saturated rings. The molecule has 1 aromatic rings. The molecular formula is C13H16N2O4. The molecule has 2 heterocycles. The van der Waals surface area contributed by atoms with Crippen LogP contribution < -0.4 is 5.32 Å². The first-order valence-corrected chi connectivity index (χ1v) is 6.21. The van der Waals surface area contributed by atoms with Crippen molar-refractivity contribution >= 4 is 11.9 Å². The van der Waals surface area contributed by atoms with Gasteiger partial charge in [-0.05, 0) is 30.9 Å². The zero-order valence-electron chi connectivity index (χ0n) is 10.4. The molecule has 0 aliphatic carbocycles. The number of aliphatic carboxylic acids is 1. The van der Waals surface area contributed by atoms with Crippen LogP contribution in [0.5, 0.6) is 0 Å². The number of aromatic nitrogens is 1. The average Bonchev–Trinajstić information content (AvgIpc) is 2.89. The standard InChI is InChI=1S/C13H16N2O4/c16-12(10-3-4-11(19-10)13(17)18)15-7-5-9-2-1-6-14-8-9/h1-2,6,8,10-11H,3-5,7H2,(H,15,16)(H,17,18). The minimum atomic E-state index is -1.01. The Balaban J connectivity index is 1.72. The number of carboxylic acids is 1. The number of pyridine rings is 1. The summed E-state index contributed by atoms with van der Waals surface area (Å²) in [7, 11) is 0. The summed E-state index contributed by atoms with van der Waals surface area (Å²) in [5.41, 5.74) is 1.04. The predicted molar refractivity (Wildman–Crippen MR) is 66.5 cm³/mol. The molecule has 2 rings (SSSR count). The van der Waals surface area contributed by atoms with Gasteiger partial charge >= 0.3 is 5.97 Å². The summed E-state index contributed by atoms with van der Waals surface area (Å²) in [6.07, 6.45) is 3.48. The highest BCUT2D eigenvalue weighted by Gasteiger charge is 2.34. The van der Waals surface area contributed by atoms with E-state index < -0.39 is 18.2 Å². The van der Waals surface area contributed by atoms with Crippen LogP contribution in [0.4, 0.5) is 0 Å². The maximum atomic E-state index is 11.8. The van der Waals surface area contributed by atoms with E-state index in [9.17, 15) is 9.59 Å². The fourth-order valence-electron chi connectivity index (χ4n) is 2.00. The maximum absolute atomic E-state index is 11.8. The van der Waals surface area contributed by atoms with Crippen LogP contribution in [-0.2, 0) is 20.7 Å². The second-order valence-corrected chi connectivity index (χ2v) is 4.43. The molecule has 2 N–H and O–H groups in total. The minimum absolute atomic E-state index is 0.243. The van der Waals surface area contributed by atoms with Gasteiger partial charge in [0.15, 0.2) is 6.10 Å². The molecule has 19 heavy (non-hydrogen) atoms. The molecule has 0 radical (unpaired) electrons. The Labute approximate surface area is 110 Å². The van der Waals surface area contributed by atoms with E-state index in [1.54, 1.807) is 12.4 Å². The van der Waals surface area contributed by atoms with Crippen LogP contribution in [0.25, 0.3) is 0 Å². The van der Waals surface area contributed by atoms with Crippen LogP contribution in [-0.4, -0.2) is 40.7 Å². The van der Waals surface area contributed by atoms with Gasteiger partial charge < -0.3 is 15.2 Å². The van der Waals surface area contributed by atoms with Gasteiger partial charge in [-0.1, -0.05) is 6.07 Å². The lowest BCUT2D eigenvalue weighted by Gasteiger charge is -2.11. The zero-order valence-corrected chi connectivity index (χ0v) is 10.4. The van der Waals surface area contributed by atoms with Gasteiger partial charge in [0.2, 0.25) is 5.91 Å². The van der Waals surface area contributed by atoms with Crippen molar-refractivity contribution in [2.24, 2.45) is 0 Å². The van der Waals surface area contributed by atoms with E-state index in [0.29, 0.717) is 25.8 Å². The van der Waals surface area contributed by atoms with Crippen molar-refractivity contribution in [3.63, 3.8) is 0 Å². The molecule has 6 nitrogen and oxygen atoms in total. The van der Waals surface area contributed by atoms with Crippen molar-refractivity contribution in [3.8, 4) is 0 Å². The fourth-order valence-corrected chi connectivity index (χ4v) is 2.00. The Kier molecular flexibility index (Phi) is 4.46. The summed E-state index contributed by atoms with van der Waals surface area (Å²) in [6, 6.07) is 3.78. The predicted octanol–water partition coefficient (Wildman–Crippen LogP) is 0.372. The van der Waals surface area contributed by atoms with E-state index in [0.717, 1.165) is 5.56 Å². The molecule has 0 saturated carbocycles. The van der Waals surface area contributed by atoms with E-state index in [-0.39, 0.29) is 5.91 Å². The Morgan fingerprint density at radius 2 is 2.21 bits per heavy atom. The van der Waals surface area contributed by atoms with Crippen LogP contribution in [0, 0.1) is 0 Å². The van der Waals surface area contributed by atoms with Gasteiger partial charge in [-0.25, -0.2) is 4.79 Å².